The van der Waals surface area contributed by atoms with E-state index in [0.29, 0.717) is 31.1 Å². The largest absolute Gasteiger partial charge is 0.492 e. The molecule has 7 nitrogen and oxygen atoms in total. The molecule has 184 valence electrons. The molecule has 1 fully saturated rings. The van der Waals surface area contributed by atoms with Gasteiger partial charge in [-0.2, -0.15) is 4.31 Å². The summed E-state index contributed by atoms with van der Waals surface area (Å²) in [5.41, 5.74) is 3.10. The molecule has 1 unspecified atom stereocenters. The second-order valence-corrected chi connectivity index (χ2v) is 11.0. The molecular weight excluding hydrogens is 450 g/mol. The number of likely N-dealkylation sites (N-methyl/N-ethyl adjacent to an activating group) is 1. The first-order valence-electron chi connectivity index (χ1n) is 12.2. The minimum absolute atomic E-state index is 0.114. The Hall–Kier alpha value is -2.42. The van der Waals surface area contributed by atoms with E-state index in [2.05, 4.69) is 34.5 Å². The SMILES string of the molecule is CCOc1ccc(NC(=O)CN(C)C2CCCc3ccccc32)cc1S(=O)(=O)N1CCCCC1. The molecule has 0 saturated carbocycles. The highest BCUT2D eigenvalue weighted by Gasteiger charge is 2.30. The van der Waals surface area contributed by atoms with Crippen LogP contribution in [0.1, 0.15) is 56.2 Å². The zero-order valence-corrected chi connectivity index (χ0v) is 20.9. The van der Waals surface area contributed by atoms with Crippen molar-refractivity contribution < 1.29 is 17.9 Å². The van der Waals surface area contributed by atoms with Gasteiger partial charge in [0.05, 0.1) is 13.2 Å². The van der Waals surface area contributed by atoms with E-state index in [4.69, 9.17) is 4.74 Å². The van der Waals surface area contributed by atoms with Crippen LogP contribution in [0.15, 0.2) is 47.4 Å². The highest BCUT2D eigenvalue weighted by molar-refractivity contribution is 7.89. The van der Waals surface area contributed by atoms with Crippen LogP contribution in [0.5, 0.6) is 5.75 Å². The summed E-state index contributed by atoms with van der Waals surface area (Å²) in [5, 5.41) is 2.90. The lowest BCUT2D eigenvalue weighted by Gasteiger charge is -2.32. The van der Waals surface area contributed by atoms with Gasteiger partial charge in [0.2, 0.25) is 15.9 Å². The van der Waals surface area contributed by atoms with Crippen molar-refractivity contribution in [3.63, 3.8) is 0 Å². The van der Waals surface area contributed by atoms with Crippen molar-refractivity contribution in [2.24, 2.45) is 0 Å². The molecule has 1 N–H and O–H groups in total. The summed E-state index contributed by atoms with van der Waals surface area (Å²) < 4.78 is 33.8. The lowest BCUT2D eigenvalue weighted by Crippen LogP contribution is -2.36. The monoisotopic (exact) mass is 485 g/mol. The Labute approximate surface area is 203 Å². The van der Waals surface area contributed by atoms with E-state index < -0.39 is 10.0 Å². The molecule has 2 aromatic rings. The van der Waals surface area contributed by atoms with E-state index in [-0.39, 0.29) is 23.4 Å². The molecule has 2 aliphatic rings. The van der Waals surface area contributed by atoms with E-state index >= 15 is 0 Å². The van der Waals surface area contributed by atoms with E-state index in [1.807, 2.05) is 14.0 Å². The highest BCUT2D eigenvalue weighted by atomic mass is 32.2. The van der Waals surface area contributed by atoms with Crippen LogP contribution >= 0.6 is 0 Å². The van der Waals surface area contributed by atoms with Gasteiger partial charge in [0, 0.05) is 24.8 Å². The van der Waals surface area contributed by atoms with E-state index in [1.54, 1.807) is 12.1 Å². The van der Waals surface area contributed by atoms with Gasteiger partial charge < -0.3 is 10.1 Å². The smallest absolute Gasteiger partial charge is 0.246 e. The van der Waals surface area contributed by atoms with Crippen molar-refractivity contribution in [3.8, 4) is 5.75 Å². The molecule has 0 bridgehead atoms. The number of nitrogens with zero attached hydrogens (tertiary/aromatic N) is 2. The molecule has 8 heteroatoms. The van der Waals surface area contributed by atoms with E-state index in [9.17, 15) is 13.2 Å². The highest BCUT2D eigenvalue weighted by Crippen LogP contribution is 2.34. The summed E-state index contributed by atoms with van der Waals surface area (Å²) in [6.07, 6.45) is 5.95. The molecule has 1 amide bonds. The molecule has 2 aromatic carbocycles. The number of rotatable bonds is 8. The van der Waals surface area contributed by atoms with Crippen LogP contribution in [0.2, 0.25) is 0 Å². The maximum Gasteiger partial charge on any atom is 0.246 e. The van der Waals surface area contributed by atoms with Crippen LogP contribution in [-0.4, -0.2) is 56.8 Å². The zero-order valence-electron chi connectivity index (χ0n) is 20.1. The van der Waals surface area contributed by atoms with Gasteiger partial charge in [-0.1, -0.05) is 30.7 Å². The molecule has 1 aliphatic heterocycles. The zero-order chi connectivity index (χ0) is 24.1. The van der Waals surface area contributed by atoms with E-state index in [1.165, 1.54) is 21.5 Å². The number of carbonyl (C=O) groups is 1. The number of nitrogens with one attached hydrogen (secondary N) is 1. The number of carbonyl (C=O) groups excluding carboxylic acids is 1. The molecule has 1 atom stereocenters. The summed E-state index contributed by atoms with van der Waals surface area (Å²) in [4.78, 5) is 15.1. The van der Waals surface area contributed by atoms with Crippen LogP contribution in [0.3, 0.4) is 0 Å². The number of hydrogen-bond acceptors (Lipinski definition) is 5. The maximum absolute atomic E-state index is 13.3. The van der Waals surface area contributed by atoms with Gasteiger partial charge >= 0.3 is 0 Å². The maximum atomic E-state index is 13.3. The van der Waals surface area contributed by atoms with Gasteiger partial charge in [0.15, 0.2) is 0 Å². The van der Waals surface area contributed by atoms with Crippen LogP contribution in [0, 0.1) is 0 Å². The number of sulfonamides is 1. The number of anilines is 1. The molecule has 34 heavy (non-hydrogen) atoms. The van der Waals surface area contributed by atoms with Crippen molar-refractivity contribution in [3.05, 3.63) is 53.6 Å². The van der Waals surface area contributed by atoms with Crippen molar-refractivity contribution in [2.45, 2.75) is 56.4 Å². The predicted molar refractivity (Wildman–Crippen MR) is 134 cm³/mol. The molecule has 1 saturated heterocycles. The number of hydrogen-bond donors (Lipinski definition) is 1. The van der Waals surface area contributed by atoms with Crippen LogP contribution in [0.4, 0.5) is 5.69 Å². The second-order valence-electron chi connectivity index (χ2n) is 9.13. The van der Waals surface area contributed by atoms with Gasteiger partial charge in [0.25, 0.3) is 0 Å². The molecule has 1 heterocycles. The summed E-state index contributed by atoms with van der Waals surface area (Å²) in [5.74, 6) is 0.151. The van der Waals surface area contributed by atoms with Crippen molar-refractivity contribution in [1.29, 1.82) is 0 Å². The fourth-order valence-electron chi connectivity index (χ4n) is 5.03. The predicted octanol–water partition coefficient (Wildman–Crippen LogP) is 4.21. The Morgan fingerprint density at radius 3 is 2.65 bits per heavy atom. The van der Waals surface area contributed by atoms with Crippen LogP contribution in [-0.2, 0) is 21.2 Å². The van der Waals surface area contributed by atoms with Gasteiger partial charge in [0.1, 0.15) is 10.6 Å². The Morgan fingerprint density at radius 1 is 1.12 bits per heavy atom. The van der Waals surface area contributed by atoms with Crippen molar-refractivity contribution >= 4 is 21.6 Å². The molecule has 0 spiro atoms. The average molecular weight is 486 g/mol. The second kappa shape index (κ2) is 10.9. The average Bonchev–Trinajstić information content (AvgIpc) is 2.85. The fourth-order valence-corrected chi connectivity index (χ4v) is 6.70. The molecular formula is C26H35N3O4S. The molecule has 0 radical (unpaired) electrons. The van der Waals surface area contributed by atoms with Gasteiger partial charge in [-0.3, -0.25) is 9.69 Å². The topological polar surface area (TPSA) is 79.0 Å². The number of piperidine rings is 1. The summed E-state index contributed by atoms with van der Waals surface area (Å²) in [6, 6.07) is 13.5. The van der Waals surface area contributed by atoms with Gasteiger partial charge in [-0.15, -0.1) is 0 Å². The molecule has 1 aliphatic carbocycles. The first-order chi connectivity index (χ1) is 16.4. The normalized spacial score (nSPS) is 19.0. The minimum Gasteiger partial charge on any atom is -0.492 e. The Kier molecular flexibility index (Phi) is 7.91. The van der Waals surface area contributed by atoms with Crippen LogP contribution < -0.4 is 10.1 Å². The summed E-state index contributed by atoms with van der Waals surface area (Å²) in [7, 11) is -1.73. The molecule has 0 aromatic heterocycles. The number of fused-ring (bicyclic) bond motifs is 1. The quantitative estimate of drug-likeness (QED) is 0.606. The lowest BCUT2D eigenvalue weighted by atomic mass is 9.87. The van der Waals surface area contributed by atoms with Crippen molar-refractivity contribution in [1.82, 2.24) is 9.21 Å². The summed E-state index contributed by atoms with van der Waals surface area (Å²) >= 11 is 0. The lowest BCUT2D eigenvalue weighted by molar-refractivity contribution is -0.117. The van der Waals surface area contributed by atoms with Gasteiger partial charge in [-0.25, -0.2) is 8.42 Å². The standard InChI is InChI=1S/C26H35N3O4S/c1-3-33-24-15-14-21(18-25(24)34(31,32)29-16-7-4-8-17-29)27-26(30)19-28(2)23-13-9-11-20-10-5-6-12-22(20)23/h5-6,10,12,14-15,18,23H,3-4,7-9,11,13,16-17,19H2,1-2H3,(H,27,30). The third-order valence-electron chi connectivity index (χ3n) is 6.72. The minimum atomic E-state index is -3.70. The number of aryl methyl sites for hydroxylation is 1. The Bertz CT molecular complexity index is 1110. The fraction of sp³-hybridized carbons (Fsp3) is 0.500. The molecule has 4 rings (SSSR count). The summed E-state index contributed by atoms with van der Waals surface area (Å²) in [6.45, 7) is 3.44. The van der Waals surface area contributed by atoms with Gasteiger partial charge in [-0.05, 0) is 75.4 Å². The van der Waals surface area contributed by atoms with Crippen LogP contribution in [0.25, 0.3) is 0 Å². The first kappa shape index (κ1) is 24.7. The first-order valence-corrected chi connectivity index (χ1v) is 13.7. The third kappa shape index (κ3) is 5.45. The Morgan fingerprint density at radius 2 is 1.88 bits per heavy atom. The Balaban J connectivity index is 1.49. The number of ether oxygens (including phenoxy) is 1. The number of benzene rings is 2. The van der Waals surface area contributed by atoms with E-state index in [0.717, 1.165) is 38.5 Å². The third-order valence-corrected chi connectivity index (χ3v) is 8.64. The number of amides is 1. The van der Waals surface area contributed by atoms with Crippen molar-refractivity contribution in [2.75, 3.05) is 38.6 Å².